The van der Waals surface area contributed by atoms with Crippen LogP contribution in [0.5, 0.6) is 0 Å². The number of esters is 1. The van der Waals surface area contributed by atoms with Gasteiger partial charge in [0.2, 0.25) is 15.8 Å². The predicted molar refractivity (Wildman–Crippen MR) is 104 cm³/mol. The Kier molecular flexibility index (Phi) is 5.71. The van der Waals surface area contributed by atoms with Crippen molar-refractivity contribution in [1.82, 2.24) is 4.57 Å². The third-order valence-corrected chi connectivity index (χ3v) is 6.12. The molecule has 1 aromatic heterocycles. The van der Waals surface area contributed by atoms with Crippen LogP contribution in [0, 0.1) is 19.8 Å². The number of benzene rings is 1. The Labute approximate surface area is 164 Å². The molecule has 0 bridgehead atoms. The summed E-state index contributed by atoms with van der Waals surface area (Å²) in [4.78, 5) is 24.6. The monoisotopic (exact) mass is 404 g/mol. The molecule has 3 rings (SSSR count). The Morgan fingerprint density at radius 1 is 1.14 bits per heavy atom. The average Bonchev–Trinajstić information content (AvgIpc) is 3.27. The van der Waals surface area contributed by atoms with Crippen LogP contribution >= 0.6 is 0 Å². The van der Waals surface area contributed by atoms with E-state index in [1.807, 2.05) is 11.5 Å². The lowest BCUT2D eigenvalue weighted by Gasteiger charge is -2.11. The van der Waals surface area contributed by atoms with Crippen LogP contribution in [0.2, 0.25) is 0 Å². The molecule has 1 saturated carbocycles. The molecule has 1 aliphatic carbocycles. The topological polar surface area (TPSA) is 108 Å². The van der Waals surface area contributed by atoms with Gasteiger partial charge in [0.05, 0.1) is 10.8 Å². The van der Waals surface area contributed by atoms with Crippen LogP contribution in [0.1, 0.15) is 47.4 Å². The fourth-order valence-electron chi connectivity index (χ4n) is 3.72. The predicted octanol–water partition coefficient (Wildman–Crippen LogP) is 2.66. The van der Waals surface area contributed by atoms with Gasteiger partial charge in [-0.2, -0.15) is 0 Å². The molecule has 0 atom stereocenters. The number of carbonyl (C=O) groups excluding carboxylic acids is 2. The number of primary sulfonamides is 1. The summed E-state index contributed by atoms with van der Waals surface area (Å²) in [6.45, 7) is 3.37. The minimum Gasteiger partial charge on any atom is -0.457 e. The molecule has 7 nitrogen and oxygen atoms in total. The van der Waals surface area contributed by atoms with Crippen molar-refractivity contribution in [2.45, 2.75) is 44.4 Å². The third-order valence-electron chi connectivity index (χ3n) is 5.19. The van der Waals surface area contributed by atoms with Crippen molar-refractivity contribution in [3.63, 3.8) is 0 Å². The van der Waals surface area contributed by atoms with E-state index in [-0.39, 0.29) is 29.2 Å². The van der Waals surface area contributed by atoms with Crippen LogP contribution in [0.3, 0.4) is 0 Å². The number of carbonyl (C=O) groups is 2. The number of hydrogen-bond acceptors (Lipinski definition) is 5. The molecule has 8 heteroatoms. The van der Waals surface area contributed by atoms with Crippen molar-refractivity contribution in [2.24, 2.45) is 11.1 Å². The highest BCUT2D eigenvalue weighted by Crippen LogP contribution is 2.26. The zero-order chi connectivity index (χ0) is 20.5. The SMILES string of the molecule is Cc1cc(C(=O)COC(=O)C2CCCC2)c(C)n1-c1ccc(S(N)(=O)=O)cc1. The second-order valence-corrected chi connectivity index (χ2v) is 8.73. The van der Waals surface area contributed by atoms with E-state index in [2.05, 4.69) is 0 Å². The quantitative estimate of drug-likeness (QED) is 0.588. The highest BCUT2D eigenvalue weighted by molar-refractivity contribution is 7.89. The number of Topliss-reactive ketones (excluding diaryl/α,β-unsaturated/α-hetero) is 1. The number of hydrogen-bond donors (Lipinski definition) is 1. The third kappa shape index (κ3) is 4.18. The van der Waals surface area contributed by atoms with Crippen LogP contribution in [0.4, 0.5) is 0 Å². The molecule has 0 spiro atoms. The summed E-state index contributed by atoms with van der Waals surface area (Å²) >= 11 is 0. The van der Waals surface area contributed by atoms with Crippen molar-refractivity contribution < 1.29 is 22.7 Å². The highest BCUT2D eigenvalue weighted by atomic mass is 32.2. The molecule has 150 valence electrons. The fourth-order valence-corrected chi connectivity index (χ4v) is 4.24. The lowest BCUT2D eigenvalue weighted by Crippen LogP contribution is -2.19. The summed E-state index contributed by atoms with van der Waals surface area (Å²) in [5.74, 6) is -0.636. The van der Waals surface area contributed by atoms with Crippen molar-refractivity contribution in [3.05, 3.63) is 47.3 Å². The molecule has 0 unspecified atom stereocenters. The number of sulfonamides is 1. The standard InChI is InChI=1S/C20H24N2O5S/c1-13-11-18(19(23)12-27-20(24)15-5-3-4-6-15)14(2)22(13)16-7-9-17(10-8-16)28(21,25)26/h7-11,15H,3-6,12H2,1-2H3,(H2,21,25,26). The van der Waals surface area contributed by atoms with E-state index in [9.17, 15) is 18.0 Å². The van der Waals surface area contributed by atoms with Crippen molar-refractivity contribution in [1.29, 1.82) is 0 Å². The molecular weight excluding hydrogens is 380 g/mol. The Morgan fingerprint density at radius 3 is 2.32 bits per heavy atom. The molecule has 2 aromatic rings. The van der Waals surface area contributed by atoms with Gasteiger partial charge in [0, 0.05) is 22.6 Å². The summed E-state index contributed by atoms with van der Waals surface area (Å²) in [6.07, 6.45) is 3.71. The summed E-state index contributed by atoms with van der Waals surface area (Å²) < 4.78 is 29.9. The van der Waals surface area contributed by atoms with Gasteiger partial charge < -0.3 is 9.30 Å². The van der Waals surface area contributed by atoms with Gasteiger partial charge in [0.25, 0.3) is 0 Å². The fraction of sp³-hybridized carbons (Fsp3) is 0.400. The van der Waals surface area contributed by atoms with Crippen LogP contribution in [0.15, 0.2) is 35.2 Å². The zero-order valence-corrected chi connectivity index (χ0v) is 16.8. The minimum absolute atomic E-state index is 0.0221. The van der Waals surface area contributed by atoms with Gasteiger partial charge in [-0.3, -0.25) is 9.59 Å². The first-order chi connectivity index (χ1) is 13.2. The largest absolute Gasteiger partial charge is 0.457 e. The first kappa shape index (κ1) is 20.3. The average molecular weight is 404 g/mol. The van der Waals surface area contributed by atoms with E-state index in [4.69, 9.17) is 9.88 Å². The summed E-state index contributed by atoms with van der Waals surface area (Å²) in [5.41, 5.74) is 2.70. The highest BCUT2D eigenvalue weighted by Gasteiger charge is 2.25. The van der Waals surface area contributed by atoms with Crippen LogP contribution in [0.25, 0.3) is 5.69 Å². The molecule has 1 aromatic carbocycles. The molecule has 2 N–H and O–H groups in total. The molecule has 1 heterocycles. The Hall–Kier alpha value is -2.45. The number of rotatable bonds is 6. The van der Waals surface area contributed by atoms with E-state index in [1.54, 1.807) is 25.1 Å². The van der Waals surface area contributed by atoms with E-state index in [0.717, 1.165) is 31.4 Å². The van der Waals surface area contributed by atoms with Crippen molar-refractivity contribution in [2.75, 3.05) is 6.61 Å². The summed E-state index contributed by atoms with van der Waals surface area (Å²) in [6, 6.07) is 7.86. The van der Waals surface area contributed by atoms with Gasteiger partial charge >= 0.3 is 5.97 Å². The normalized spacial score (nSPS) is 15.0. The number of aromatic nitrogens is 1. The van der Waals surface area contributed by atoms with Gasteiger partial charge in [-0.05, 0) is 57.0 Å². The first-order valence-electron chi connectivity index (χ1n) is 9.20. The maximum Gasteiger partial charge on any atom is 0.309 e. The molecule has 28 heavy (non-hydrogen) atoms. The lowest BCUT2D eigenvalue weighted by atomic mass is 10.1. The second kappa shape index (κ2) is 7.89. The Morgan fingerprint density at radius 2 is 1.75 bits per heavy atom. The number of aryl methyl sites for hydroxylation is 1. The van der Waals surface area contributed by atoms with E-state index in [1.165, 1.54) is 12.1 Å². The maximum atomic E-state index is 12.6. The minimum atomic E-state index is -3.76. The van der Waals surface area contributed by atoms with Crippen molar-refractivity contribution in [3.8, 4) is 5.69 Å². The molecule has 0 amide bonds. The van der Waals surface area contributed by atoms with E-state index in [0.29, 0.717) is 16.9 Å². The van der Waals surface area contributed by atoms with Gasteiger partial charge in [0.15, 0.2) is 6.61 Å². The molecule has 1 fully saturated rings. The summed E-state index contributed by atoms with van der Waals surface area (Å²) in [5, 5.41) is 5.13. The molecular formula is C20H24N2O5S. The Bertz CT molecular complexity index is 1000. The van der Waals surface area contributed by atoms with Gasteiger partial charge in [-0.1, -0.05) is 12.8 Å². The zero-order valence-electron chi connectivity index (χ0n) is 16.0. The summed E-state index contributed by atoms with van der Waals surface area (Å²) in [7, 11) is -3.76. The van der Waals surface area contributed by atoms with Crippen molar-refractivity contribution >= 4 is 21.8 Å². The number of ketones is 1. The lowest BCUT2D eigenvalue weighted by molar-refractivity contribution is -0.147. The second-order valence-electron chi connectivity index (χ2n) is 7.17. The van der Waals surface area contributed by atoms with E-state index < -0.39 is 10.0 Å². The number of ether oxygens (including phenoxy) is 1. The van der Waals surface area contributed by atoms with E-state index >= 15 is 0 Å². The van der Waals surface area contributed by atoms with Crippen LogP contribution in [-0.2, 0) is 19.6 Å². The molecule has 0 aliphatic heterocycles. The van der Waals surface area contributed by atoms with Gasteiger partial charge in [-0.15, -0.1) is 0 Å². The maximum absolute atomic E-state index is 12.6. The molecule has 0 saturated heterocycles. The van der Waals surface area contributed by atoms with Crippen LogP contribution in [-0.4, -0.2) is 31.3 Å². The Balaban J connectivity index is 1.77. The van der Waals surface area contributed by atoms with Gasteiger partial charge in [-0.25, -0.2) is 13.6 Å². The number of nitrogens with zero attached hydrogens (tertiary/aromatic N) is 1. The number of nitrogens with two attached hydrogens (primary N) is 1. The molecule has 1 aliphatic rings. The smallest absolute Gasteiger partial charge is 0.309 e. The van der Waals surface area contributed by atoms with Gasteiger partial charge in [0.1, 0.15) is 0 Å². The van der Waals surface area contributed by atoms with Crippen LogP contribution < -0.4 is 5.14 Å². The molecule has 0 radical (unpaired) electrons. The first-order valence-corrected chi connectivity index (χ1v) is 10.7.